The average molecular weight is 369 g/mol. The molecule has 2 heterocycles. The summed E-state index contributed by atoms with van der Waals surface area (Å²) in [5.74, 6) is 1.56. The zero-order valence-electron chi connectivity index (χ0n) is 14.9. The van der Waals surface area contributed by atoms with E-state index in [1.165, 1.54) is 0 Å². The zero-order valence-corrected chi connectivity index (χ0v) is 15.7. The summed E-state index contributed by atoms with van der Waals surface area (Å²) in [5, 5.41) is 3.21. The highest BCUT2D eigenvalue weighted by molar-refractivity contribution is 7.89. The van der Waals surface area contributed by atoms with Crippen LogP contribution < -0.4 is 10.0 Å². The molecule has 1 aliphatic carbocycles. The Labute approximate surface area is 150 Å². The fourth-order valence-corrected chi connectivity index (χ4v) is 4.38. The van der Waals surface area contributed by atoms with Gasteiger partial charge in [-0.15, -0.1) is 0 Å². The molecule has 0 amide bonds. The highest BCUT2D eigenvalue weighted by atomic mass is 32.2. The van der Waals surface area contributed by atoms with E-state index in [9.17, 15) is 8.42 Å². The second kappa shape index (κ2) is 8.42. The molecule has 1 saturated heterocycles. The van der Waals surface area contributed by atoms with E-state index in [4.69, 9.17) is 4.74 Å². The number of nitrogens with one attached hydrogen (secondary N) is 2. The van der Waals surface area contributed by atoms with Crippen molar-refractivity contribution < 1.29 is 13.2 Å². The van der Waals surface area contributed by atoms with Gasteiger partial charge >= 0.3 is 0 Å². The van der Waals surface area contributed by atoms with Crippen molar-refractivity contribution in [1.82, 2.24) is 14.7 Å². The molecule has 140 valence electrons. The van der Waals surface area contributed by atoms with E-state index in [2.05, 4.69) is 20.0 Å². The number of rotatable bonds is 7. The van der Waals surface area contributed by atoms with Crippen LogP contribution in [0.5, 0.6) is 0 Å². The van der Waals surface area contributed by atoms with Gasteiger partial charge in [0.15, 0.2) is 0 Å². The number of ether oxygens (including phenoxy) is 1. The minimum absolute atomic E-state index is 0.00742. The monoisotopic (exact) mass is 368 g/mol. The first kappa shape index (κ1) is 18.5. The minimum Gasteiger partial charge on any atom is -0.377 e. The Morgan fingerprint density at radius 3 is 2.80 bits per heavy atom. The van der Waals surface area contributed by atoms with Gasteiger partial charge in [0.05, 0.1) is 11.9 Å². The van der Waals surface area contributed by atoms with Crippen molar-refractivity contribution in [3.05, 3.63) is 17.1 Å². The lowest BCUT2D eigenvalue weighted by Gasteiger charge is -2.22. The molecule has 0 radical (unpaired) electrons. The third-order valence-corrected chi connectivity index (χ3v) is 6.11. The number of aryl methyl sites for hydroxylation is 2. The Bertz CT molecular complexity index is 687. The predicted molar refractivity (Wildman–Crippen MR) is 97.3 cm³/mol. The van der Waals surface area contributed by atoms with Gasteiger partial charge in [-0.2, -0.15) is 0 Å². The summed E-state index contributed by atoms with van der Waals surface area (Å²) in [7, 11) is -3.32. The highest BCUT2D eigenvalue weighted by Crippen LogP contribution is 2.25. The molecule has 0 aromatic carbocycles. The molecule has 1 unspecified atom stereocenters. The molecule has 25 heavy (non-hydrogen) atoms. The molecular weight excluding hydrogens is 340 g/mol. The van der Waals surface area contributed by atoms with Crippen molar-refractivity contribution in [2.45, 2.75) is 58.0 Å². The molecule has 1 fully saturated rings. The van der Waals surface area contributed by atoms with Crippen molar-refractivity contribution in [3.63, 3.8) is 0 Å². The lowest BCUT2D eigenvalue weighted by Crippen LogP contribution is -2.37. The fourth-order valence-electron chi connectivity index (χ4n) is 3.43. The third kappa shape index (κ3) is 5.36. The minimum atomic E-state index is -3.32. The predicted octanol–water partition coefficient (Wildman–Crippen LogP) is 1.56. The molecule has 2 aliphatic rings. The van der Waals surface area contributed by atoms with E-state index in [1.54, 1.807) is 0 Å². The number of nitrogens with zero attached hydrogens (tertiary/aromatic N) is 2. The number of sulfonamides is 1. The molecule has 2 N–H and O–H groups in total. The summed E-state index contributed by atoms with van der Waals surface area (Å²) < 4.78 is 32.6. The SMILES string of the molecule is Cc1nc2c(c(NCCS(=O)(=O)NCC3CCCCO3)n1)CCCC2. The second-order valence-corrected chi connectivity index (χ2v) is 8.76. The van der Waals surface area contributed by atoms with Crippen LogP contribution in [0.15, 0.2) is 0 Å². The molecule has 7 nitrogen and oxygen atoms in total. The lowest BCUT2D eigenvalue weighted by atomic mass is 9.96. The molecule has 1 aliphatic heterocycles. The molecule has 3 rings (SSSR count). The van der Waals surface area contributed by atoms with Crippen molar-refractivity contribution >= 4 is 15.8 Å². The molecular formula is C17H28N4O3S. The highest BCUT2D eigenvalue weighted by Gasteiger charge is 2.19. The van der Waals surface area contributed by atoms with Crippen LogP contribution in [0.25, 0.3) is 0 Å². The summed E-state index contributed by atoms with van der Waals surface area (Å²) in [6.45, 7) is 3.31. The average Bonchev–Trinajstić information content (AvgIpc) is 2.61. The largest absolute Gasteiger partial charge is 0.377 e. The van der Waals surface area contributed by atoms with E-state index in [1.807, 2.05) is 6.92 Å². The standard InChI is InChI=1S/C17H28N4O3S/c1-13-20-16-8-3-2-7-15(16)17(21-13)18-9-11-25(22,23)19-12-14-6-4-5-10-24-14/h14,19H,2-12H2,1H3,(H,18,20,21). The van der Waals surface area contributed by atoms with Crippen molar-refractivity contribution in [2.75, 3.05) is 30.8 Å². The van der Waals surface area contributed by atoms with Crippen LogP contribution in [-0.4, -0.2) is 49.9 Å². The number of hydrogen-bond donors (Lipinski definition) is 2. The Morgan fingerprint density at radius 2 is 2.00 bits per heavy atom. The van der Waals surface area contributed by atoms with E-state index in [0.717, 1.165) is 74.5 Å². The number of hydrogen-bond acceptors (Lipinski definition) is 6. The van der Waals surface area contributed by atoms with Gasteiger partial charge in [-0.05, 0) is 51.9 Å². The van der Waals surface area contributed by atoms with Gasteiger partial charge < -0.3 is 10.1 Å². The molecule has 8 heteroatoms. The van der Waals surface area contributed by atoms with Crippen LogP contribution in [0, 0.1) is 6.92 Å². The van der Waals surface area contributed by atoms with Gasteiger partial charge in [-0.1, -0.05) is 0 Å². The zero-order chi connectivity index (χ0) is 17.7. The van der Waals surface area contributed by atoms with Crippen LogP contribution in [-0.2, 0) is 27.6 Å². The fraction of sp³-hybridized carbons (Fsp3) is 0.765. The molecule has 1 aromatic heterocycles. The maximum atomic E-state index is 12.2. The smallest absolute Gasteiger partial charge is 0.213 e. The maximum absolute atomic E-state index is 12.2. The lowest BCUT2D eigenvalue weighted by molar-refractivity contribution is 0.0200. The summed E-state index contributed by atoms with van der Waals surface area (Å²) in [4.78, 5) is 8.98. The van der Waals surface area contributed by atoms with Gasteiger partial charge in [0.2, 0.25) is 10.0 Å². The topological polar surface area (TPSA) is 93.2 Å². The normalized spacial score (nSPS) is 20.9. The van der Waals surface area contributed by atoms with Gasteiger partial charge in [-0.3, -0.25) is 0 Å². The van der Waals surface area contributed by atoms with Crippen molar-refractivity contribution in [1.29, 1.82) is 0 Å². The first-order valence-corrected chi connectivity index (χ1v) is 10.9. The Balaban J connectivity index is 1.51. The summed E-state index contributed by atoms with van der Waals surface area (Å²) in [6, 6.07) is 0. The quantitative estimate of drug-likeness (QED) is 0.759. The Morgan fingerprint density at radius 1 is 1.16 bits per heavy atom. The van der Waals surface area contributed by atoms with Crippen molar-refractivity contribution in [2.24, 2.45) is 0 Å². The first-order valence-electron chi connectivity index (χ1n) is 9.23. The molecule has 0 spiro atoms. The number of fused-ring (bicyclic) bond motifs is 1. The van der Waals surface area contributed by atoms with Gasteiger partial charge in [0.1, 0.15) is 11.6 Å². The molecule has 0 bridgehead atoms. The molecule has 1 atom stereocenters. The van der Waals surface area contributed by atoms with Gasteiger partial charge in [0.25, 0.3) is 0 Å². The first-order chi connectivity index (χ1) is 12.0. The van der Waals surface area contributed by atoms with E-state index < -0.39 is 10.0 Å². The summed E-state index contributed by atoms with van der Waals surface area (Å²) >= 11 is 0. The Kier molecular flexibility index (Phi) is 6.24. The van der Waals surface area contributed by atoms with E-state index >= 15 is 0 Å². The number of aromatic nitrogens is 2. The van der Waals surface area contributed by atoms with Crippen LogP contribution >= 0.6 is 0 Å². The van der Waals surface area contributed by atoms with Crippen LogP contribution in [0.2, 0.25) is 0 Å². The van der Waals surface area contributed by atoms with Crippen LogP contribution in [0.4, 0.5) is 5.82 Å². The molecule has 0 saturated carbocycles. The van der Waals surface area contributed by atoms with Gasteiger partial charge in [0, 0.05) is 31.0 Å². The van der Waals surface area contributed by atoms with E-state index in [0.29, 0.717) is 13.1 Å². The van der Waals surface area contributed by atoms with Crippen LogP contribution in [0.1, 0.15) is 49.2 Å². The third-order valence-electron chi connectivity index (χ3n) is 4.76. The van der Waals surface area contributed by atoms with Crippen molar-refractivity contribution in [3.8, 4) is 0 Å². The van der Waals surface area contributed by atoms with Crippen LogP contribution in [0.3, 0.4) is 0 Å². The Hall–Kier alpha value is -1.25. The summed E-state index contributed by atoms with van der Waals surface area (Å²) in [6.07, 6.45) is 7.33. The number of anilines is 1. The van der Waals surface area contributed by atoms with Gasteiger partial charge in [-0.25, -0.2) is 23.1 Å². The summed E-state index contributed by atoms with van der Waals surface area (Å²) in [5.41, 5.74) is 2.26. The molecule has 1 aromatic rings. The van der Waals surface area contributed by atoms with E-state index in [-0.39, 0.29) is 11.9 Å². The second-order valence-electron chi connectivity index (χ2n) is 6.83. The maximum Gasteiger partial charge on any atom is 0.213 e.